The summed E-state index contributed by atoms with van der Waals surface area (Å²) in [5, 5.41) is 3.28. The number of nitrogens with zero attached hydrogens (tertiary/aromatic N) is 1. The van der Waals surface area contributed by atoms with Crippen molar-refractivity contribution in [3.05, 3.63) is 33.8 Å². The second-order valence-electron chi connectivity index (χ2n) is 4.81. The fourth-order valence-corrected chi connectivity index (χ4v) is 2.27. The van der Waals surface area contributed by atoms with E-state index in [4.69, 9.17) is 20.8 Å². The summed E-state index contributed by atoms with van der Waals surface area (Å²) < 4.78 is 11.5. The Labute approximate surface area is 126 Å². The van der Waals surface area contributed by atoms with Crippen LogP contribution in [-0.2, 0) is 16.1 Å². The third-order valence-corrected chi connectivity index (χ3v) is 3.25. The number of methoxy groups -OCH3 is 1. The molecule has 114 valence electrons. The largest absolute Gasteiger partial charge is 0.419 e. The third kappa shape index (κ3) is 3.86. The molecule has 0 fully saturated rings. The summed E-state index contributed by atoms with van der Waals surface area (Å²) in [5.74, 6) is -0.639. The number of benzene rings is 1. The van der Waals surface area contributed by atoms with E-state index < -0.39 is 5.76 Å². The highest BCUT2D eigenvalue weighted by Crippen LogP contribution is 2.18. The van der Waals surface area contributed by atoms with Gasteiger partial charge in [-0.2, -0.15) is 0 Å². The molecule has 1 atom stereocenters. The van der Waals surface area contributed by atoms with Crippen molar-refractivity contribution in [2.24, 2.45) is 0 Å². The minimum absolute atomic E-state index is 0.0703. The van der Waals surface area contributed by atoms with Gasteiger partial charge in [-0.25, -0.2) is 4.79 Å². The Kier molecular flexibility index (Phi) is 5.03. The number of halogens is 1. The van der Waals surface area contributed by atoms with Gasteiger partial charge < -0.3 is 14.5 Å². The van der Waals surface area contributed by atoms with Gasteiger partial charge in [0.15, 0.2) is 5.58 Å². The highest BCUT2D eigenvalue weighted by Gasteiger charge is 2.12. The van der Waals surface area contributed by atoms with Crippen molar-refractivity contribution in [2.45, 2.75) is 25.9 Å². The van der Waals surface area contributed by atoms with E-state index in [-0.39, 0.29) is 24.9 Å². The number of carbonyl (C=O) groups excluding carboxylic acids is 1. The molecule has 2 aromatic rings. The Bertz CT molecular complexity index is 692. The average Bonchev–Trinajstić information content (AvgIpc) is 2.71. The molecule has 0 saturated heterocycles. The van der Waals surface area contributed by atoms with Crippen molar-refractivity contribution in [3.8, 4) is 0 Å². The number of oxazole rings is 1. The minimum Gasteiger partial charge on any atom is -0.408 e. The van der Waals surface area contributed by atoms with Crippen molar-refractivity contribution in [1.82, 2.24) is 9.88 Å². The van der Waals surface area contributed by atoms with Crippen LogP contribution in [0.2, 0.25) is 5.02 Å². The molecule has 0 aliphatic heterocycles. The minimum atomic E-state index is -0.495. The normalized spacial score (nSPS) is 12.5. The van der Waals surface area contributed by atoms with Gasteiger partial charge in [0, 0.05) is 37.2 Å². The number of aryl methyl sites for hydroxylation is 1. The molecule has 1 aromatic carbocycles. The monoisotopic (exact) mass is 312 g/mol. The lowest BCUT2D eigenvalue weighted by Crippen LogP contribution is -2.36. The molecule has 0 saturated carbocycles. The molecule has 1 amide bonds. The summed E-state index contributed by atoms with van der Waals surface area (Å²) in [7, 11) is 1.57. The first kappa shape index (κ1) is 15.6. The summed E-state index contributed by atoms with van der Waals surface area (Å²) in [6.07, 6.45) is 0.186. The lowest BCUT2D eigenvalue weighted by molar-refractivity contribution is -0.122. The van der Waals surface area contributed by atoms with Crippen molar-refractivity contribution in [2.75, 3.05) is 13.7 Å². The van der Waals surface area contributed by atoms with E-state index >= 15 is 0 Å². The Morgan fingerprint density at radius 3 is 3.00 bits per heavy atom. The molecule has 1 unspecified atom stereocenters. The zero-order valence-corrected chi connectivity index (χ0v) is 12.6. The molecule has 1 heterocycles. The van der Waals surface area contributed by atoms with Crippen molar-refractivity contribution in [3.63, 3.8) is 0 Å². The van der Waals surface area contributed by atoms with Crippen LogP contribution < -0.4 is 11.1 Å². The van der Waals surface area contributed by atoms with Crippen molar-refractivity contribution in [1.29, 1.82) is 0 Å². The van der Waals surface area contributed by atoms with Gasteiger partial charge in [-0.1, -0.05) is 11.6 Å². The number of ether oxygens (including phenoxy) is 1. The van der Waals surface area contributed by atoms with Crippen LogP contribution in [0.15, 0.2) is 27.4 Å². The molecule has 0 bridgehead atoms. The standard InChI is InChI=1S/C14H17ClN2O4/c1-9(8-20-2)16-13(18)5-6-17-11-4-3-10(15)7-12(11)21-14(17)19/h3-4,7,9H,5-6,8H2,1-2H3,(H,16,18). The number of fused-ring (bicyclic) bond motifs is 1. The first-order valence-corrected chi connectivity index (χ1v) is 6.96. The molecular weight excluding hydrogens is 296 g/mol. The first-order chi connectivity index (χ1) is 10.0. The van der Waals surface area contributed by atoms with Crippen LogP contribution >= 0.6 is 11.6 Å². The fourth-order valence-electron chi connectivity index (χ4n) is 2.10. The molecule has 0 aliphatic carbocycles. The van der Waals surface area contributed by atoms with Gasteiger partial charge in [0.05, 0.1) is 12.1 Å². The van der Waals surface area contributed by atoms with Crippen LogP contribution in [0.25, 0.3) is 11.1 Å². The molecule has 2 rings (SSSR count). The number of hydrogen-bond donors (Lipinski definition) is 1. The van der Waals surface area contributed by atoms with Gasteiger partial charge in [0.1, 0.15) is 0 Å². The molecule has 7 heteroatoms. The maximum absolute atomic E-state index is 11.8. The van der Waals surface area contributed by atoms with Crippen LogP contribution in [-0.4, -0.2) is 30.2 Å². The van der Waals surface area contributed by atoms with E-state index in [2.05, 4.69) is 5.32 Å². The van der Waals surface area contributed by atoms with Gasteiger partial charge in [0.2, 0.25) is 5.91 Å². The van der Waals surface area contributed by atoms with E-state index in [0.717, 1.165) is 0 Å². The molecule has 0 aliphatic rings. The number of rotatable bonds is 6. The fraction of sp³-hybridized carbons (Fsp3) is 0.429. The number of aromatic nitrogens is 1. The lowest BCUT2D eigenvalue weighted by Gasteiger charge is -2.12. The SMILES string of the molecule is COCC(C)NC(=O)CCn1c(=O)oc2cc(Cl)ccc21. The predicted octanol–water partition coefficient (Wildman–Crippen LogP) is 1.79. The Hall–Kier alpha value is -1.79. The summed E-state index contributed by atoms with van der Waals surface area (Å²) in [6.45, 7) is 2.54. The van der Waals surface area contributed by atoms with Gasteiger partial charge >= 0.3 is 5.76 Å². The van der Waals surface area contributed by atoms with Gasteiger partial charge in [-0.15, -0.1) is 0 Å². The summed E-state index contributed by atoms with van der Waals surface area (Å²) in [6, 6.07) is 4.89. The van der Waals surface area contributed by atoms with E-state index in [1.807, 2.05) is 6.92 Å². The van der Waals surface area contributed by atoms with E-state index in [9.17, 15) is 9.59 Å². The van der Waals surface area contributed by atoms with E-state index in [1.165, 1.54) is 4.57 Å². The smallest absolute Gasteiger partial charge is 0.408 e. The molecular formula is C14H17ClN2O4. The van der Waals surface area contributed by atoms with Crippen LogP contribution in [0.1, 0.15) is 13.3 Å². The summed E-state index contributed by atoms with van der Waals surface area (Å²) in [5.41, 5.74) is 1.04. The topological polar surface area (TPSA) is 73.5 Å². The van der Waals surface area contributed by atoms with E-state index in [0.29, 0.717) is 22.7 Å². The first-order valence-electron chi connectivity index (χ1n) is 6.58. The predicted molar refractivity (Wildman–Crippen MR) is 79.6 cm³/mol. The van der Waals surface area contributed by atoms with Gasteiger partial charge in [0.25, 0.3) is 0 Å². The second-order valence-corrected chi connectivity index (χ2v) is 5.24. The highest BCUT2D eigenvalue weighted by atomic mass is 35.5. The number of nitrogens with one attached hydrogen (secondary N) is 1. The molecule has 1 N–H and O–H groups in total. The average molecular weight is 313 g/mol. The molecule has 0 spiro atoms. The van der Waals surface area contributed by atoms with E-state index in [1.54, 1.807) is 25.3 Å². The summed E-state index contributed by atoms with van der Waals surface area (Å²) in [4.78, 5) is 23.6. The Balaban J connectivity index is 2.05. The molecule has 6 nitrogen and oxygen atoms in total. The Morgan fingerprint density at radius 2 is 2.29 bits per heavy atom. The quantitative estimate of drug-likeness (QED) is 0.882. The maximum Gasteiger partial charge on any atom is 0.419 e. The van der Waals surface area contributed by atoms with Crippen LogP contribution in [0.5, 0.6) is 0 Å². The van der Waals surface area contributed by atoms with Crippen LogP contribution in [0.3, 0.4) is 0 Å². The number of carbonyl (C=O) groups is 1. The second kappa shape index (κ2) is 6.78. The van der Waals surface area contributed by atoms with Gasteiger partial charge in [-0.05, 0) is 19.1 Å². The number of amides is 1. The zero-order valence-electron chi connectivity index (χ0n) is 11.9. The highest BCUT2D eigenvalue weighted by molar-refractivity contribution is 6.31. The zero-order chi connectivity index (χ0) is 15.4. The molecule has 21 heavy (non-hydrogen) atoms. The Morgan fingerprint density at radius 1 is 1.52 bits per heavy atom. The molecule has 1 aromatic heterocycles. The van der Waals surface area contributed by atoms with Crippen LogP contribution in [0.4, 0.5) is 0 Å². The maximum atomic E-state index is 11.8. The molecule has 0 radical (unpaired) electrons. The van der Waals surface area contributed by atoms with Crippen molar-refractivity contribution < 1.29 is 13.9 Å². The number of hydrogen-bond acceptors (Lipinski definition) is 4. The van der Waals surface area contributed by atoms with Crippen LogP contribution in [0, 0.1) is 0 Å². The van der Waals surface area contributed by atoms with Crippen molar-refractivity contribution >= 4 is 28.6 Å². The van der Waals surface area contributed by atoms with Gasteiger partial charge in [-0.3, -0.25) is 9.36 Å². The lowest BCUT2D eigenvalue weighted by atomic mass is 10.3. The third-order valence-electron chi connectivity index (χ3n) is 3.02. The summed E-state index contributed by atoms with van der Waals surface area (Å²) >= 11 is 5.85.